The molecule has 0 saturated carbocycles. The van der Waals surface area contributed by atoms with Gasteiger partial charge < -0.3 is 14.2 Å². The van der Waals surface area contributed by atoms with Crippen LogP contribution in [0.15, 0.2) is 12.2 Å². The molecule has 0 aliphatic rings. The molecule has 6 nitrogen and oxygen atoms in total. The summed E-state index contributed by atoms with van der Waals surface area (Å²) in [6.45, 7) is 6.63. The lowest BCUT2D eigenvalue weighted by atomic mass is 10.0. The van der Waals surface area contributed by atoms with E-state index in [1.165, 1.54) is 161 Å². The van der Waals surface area contributed by atoms with Gasteiger partial charge in [-0.05, 0) is 44.9 Å². The third-order valence-corrected chi connectivity index (χ3v) is 10.8. The minimum absolute atomic E-state index is 0.0680. The molecule has 0 aliphatic carbocycles. The number of allylic oxidation sites excluding steroid dienone is 2. The van der Waals surface area contributed by atoms with E-state index < -0.39 is 6.10 Å². The van der Waals surface area contributed by atoms with Crippen molar-refractivity contribution in [3.63, 3.8) is 0 Å². The standard InChI is InChI=1S/C49H92O6/c1-4-7-10-13-16-19-22-24-25-26-28-30-33-36-39-42-48(51)54-45-46(44-53-47(50)41-38-35-32-29-21-18-15-12-9-6-3)55-49(52)43-40-37-34-31-27-23-20-17-14-11-8-5-2/h24-25,46H,4-23,26-45H2,1-3H3/b25-24-. The monoisotopic (exact) mass is 777 g/mol. The molecule has 0 aromatic heterocycles. The zero-order chi connectivity index (χ0) is 40.1. The fourth-order valence-corrected chi connectivity index (χ4v) is 7.08. The molecule has 0 fully saturated rings. The van der Waals surface area contributed by atoms with E-state index in [4.69, 9.17) is 14.2 Å². The van der Waals surface area contributed by atoms with E-state index in [0.717, 1.165) is 64.2 Å². The Labute approximate surface area is 341 Å². The number of carbonyl (C=O) groups excluding carboxylic acids is 3. The minimum Gasteiger partial charge on any atom is -0.462 e. The number of unbranched alkanes of at least 4 members (excludes halogenated alkanes) is 31. The number of carbonyl (C=O) groups is 3. The second kappa shape index (κ2) is 44.9. The second-order valence-electron chi connectivity index (χ2n) is 16.4. The van der Waals surface area contributed by atoms with E-state index >= 15 is 0 Å². The van der Waals surface area contributed by atoms with Gasteiger partial charge >= 0.3 is 17.9 Å². The maximum atomic E-state index is 12.7. The first-order chi connectivity index (χ1) is 27.0. The number of rotatable bonds is 44. The highest BCUT2D eigenvalue weighted by atomic mass is 16.6. The van der Waals surface area contributed by atoms with E-state index in [0.29, 0.717) is 19.3 Å². The lowest BCUT2D eigenvalue weighted by Crippen LogP contribution is -2.30. The lowest BCUT2D eigenvalue weighted by molar-refractivity contribution is -0.167. The van der Waals surface area contributed by atoms with Gasteiger partial charge in [0.25, 0.3) is 0 Å². The van der Waals surface area contributed by atoms with Gasteiger partial charge in [0.2, 0.25) is 0 Å². The average molecular weight is 777 g/mol. The normalized spacial score (nSPS) is 12.0. The van der Waals surface area contributed by atoms with Crippen LogP contribution >= 0.6 is 0 Å². The Balaban J connectivity index is 4.32. The third kappa shape index (κ3) is 43.1. The maximum Gasteiger partial charge on any atom is 0.306 e. The zero-order valence-electron chi connectivity index (χ0n) is 37.0. The van der Waals surface area contributed by atoms with Crippen LogP contribution in [0.25, 0.3) is 0 Å². The van der Waals surface area contributed by atoms with Crippen LogP contribution in [-0.2, 0) is 28.6 Å². The summed E-state index contributed by atoms with van der Waals surface area (Å²) in [5.41, 5.74) is 0. The smallest absolute Gasteiger partial charge is 0.306 e. The van der Waals surface area contributed by atoms with Gasteiger partial charge in [-0.2, -0.15) is 0 Å². The molecule has 0 aromatic rings. The summed E-state index contributed by atoms with van der Waals surface area (Å²) in [6.07, 6.45) is 47.6. The van der Waals surface area contributed by atoms with E-state index in [2.05, 4.69) is 32.9 Å². The highest BCUT2D eigenvalue weighted by Gasteiger charge is 2.19. The molecule has 0 rings (SSSR count). The van der Waals surface area contributed by atoms with Crippen molar-refractivity contribution < 1.29 is 28.6 Å². The van der Waals surface area contributed by atoms with Gasteiger partial charge in [0, 0.05) is 19.3 Å². The summed E-state index contributed by atoms with van der Waals surface area (Å²) in [7, 11) is 0. The van der Waals surface area contributed by atoms with Gasteiger partial charge in [0.15, 0.2) is 6.10 Å². The predicted octanol–water partition coefficient (Wildman–Crippen LogP) is 15.4. The van der Waals surface area contributed by atoms with Crippen LogP contribution in [0.3, 0.4) is 0 Å². The van der Waals surface area contributed by atoms with E-state index in [-0.39, 0.29) is 31.1 Å². The first-order valence-electron chi connectivity index (χ1n) is 24.2. The first kappa shape index (κ1) is 53.1. The summed E-state index contributed by atoms with van der Waals surface area (Å²) in [5.74, 6) is -0.867. The van der Waals surface area contributed by atoms with Crippen LogP contribution in [0, 0.1) is 0 Å². The van der Waals surface area contributed by atoms with Crippen LogP contribution in [0.5, 0.6) is 0 Å². The molecule has 0 amide bonds. The second-order valence-corrected chi connectivity index (χ2v) is 16.4. The molecule has 1 unspecified atom stereocenters. The Kier molecular flexibility index (Phi) is 43.4. The largest absolute Gasteiger partial charge is 0.462 e. The fraction of sp³-hybridized carbons (Fsp3) is 0.898. The molecule has 0 aliphatic heterocycles. The summed E-state index contributed by atoms with van der Waals surface area (Å²) in [6, 6.07) is 0. The van der Waals surface area contributed by atoms with Crippen LogP contribution in [0.4, 0.5) is 0 Å². The molecule has 0 N–H and O–H groups in total. The average Bonchev–Trinajstić information content (AvgIpc) is 3.18. The van der Waals surface area contributed by atoms with Crippen LogP contribution in [-0.4, -0.2) is 37.2 Å². The lowest BCUT2D eigenvalue weighted by Gasteiger charge is -2.18. The van der Waals surface area contributed by atoms with Crippen LogP contribution < -0.4 is 0 Å². The van der Waals surface area contributed by atoms with Crippen LogP contribution in [0.2, 0.25) is 0 Å². The SMILES string of the molecule is CCCCCCCC/C=C\CCCCCCCC(=O)OCC(COC(=O)CCCCCCCCCCCC)OC(=O)CCCCCCCCCCCCCC. The van der Waals surface area contributed by atoms with E-state index in [1.807, 2.05) is 0 Å². The quantitative estimate of drug-likeness (QED) is 0.0265. The Bertz CT molecular complexity index is 854. The number of hydrogen-bond acceptors (Lipinski definition) is 6. The molecule has 0 saturated heterocycles. The van der Waals surface area contributed by atoms with Gasteiger partial charge in [-0.3, -0.25) is 14.4 Å². The molecular formula is C49H92O6. The molecule has 6 heteroatoms. The molecule has 55 heavy (non-hydrogen) atoms. The predicted molar refractivity (Wildman–Crippen MR) is 233 cm³/mol. The van der Waals surface area contributed by atoms with Gasteiger partial charge in [-0.1, -0.05) is 213 Å². The molecular weight excluding hydrogens is 685 g/mol. The molecule has 0 bridgehead atoms. The highest BCUT2D eigenvalue weighted by Crippen LogP contribution is 2.15. The summed E-state index contributed by atoms with van der Waals surface area (Å²) in [5, 5.41) is 0. The molecule has 1 atom stereocenters. The van der Waals surface area contributed by atoms with E-state index in [9.17, 15) is 14.4 Å². The van der Waals surface area contributed by atoms with Crippen molar-refractivity contribution in [3.8, 4) is 0 Å². The van der Waals surface area contributed by atoms with Gasteiger partial charge in [-0.25, -0.2) is 0 Å². The van der Waals surface area contributed by atoms with Gasteiger partial charge in [-0.15, -0.1) is 0 Å². The van der Waals surface area contributed by atoms with Crippen molar-refractivity contribution >= 4 is 17.9 Å². The van der Waals surface area contributed by atoms with Crippen molar-refractivity contribution in [2.45, 2.75) is 271 Å². The van der Waals surface area contributed by atoms with Crippen molar-refractivity contribution in [1.82, 2.24) is 0 Å². The number of hydrogen-bond donors (Lipinski definition) is 0. The molecule has 0 radical (unpaired) electrons. The Morgan fingerprint density at radius 1 is 0.345 bits per heavy atom. The third-order valence-electron chi connectivity index (χ3n) is 10.8. The summed E-state index contributed by atoms with van der Waals surface area (Å²) < 4.78 is 16.7. The first-order valence-corrected chi connectivity index (χ1v) is 24.2. The molecule has 324 valence electrons. The zero-order valence-corrected chi connectivity index (χ0v) is 37.0. The van der Waals surface area contributed by atoms with Crippen molar-refractivity contribution in [3.05, 3.63) is 12.2 Å². The van der Waals surface area contributed by atoms with Crippen molar-refractivity contribution in [2.75, 3.05) is 13.2 Å². The molecule has 0 aromatic carbocycles. The maximum absolute atomic E-state index is 12.7. The van der Waals surface area contributed by atoms with E-state index in [1.54, 1.807) is 0 Å². The van der Waals surface area contributed by atoms with Crippen LogP contribution in [0.1, 0.15) is 265 Å². The number of ether oxygens (including phenoxy) is 3. The summed E-state index contributed by atoms with van der Waals surface area (Å²) >= 11 is 0. The minimum atomic E-state index is -0.764. The topological polar surface area (TPSA) is 78.9 Å². The highest BCUT2D eigenvalue weighted by molar-refractivity contribution is 5.71. The Hall–Kier alpha value is -1.85. The van der Waals surface area contributed by atoms with Crippen molar-refractivity contribution in [2.24, 2.45) is 0 Å². The number of esters is 3. The van der Waals surface area contributed by atoms with Crippen molar-refractivity contribution in [1.29, 1.82) is 0 Å². The Morgan fingerprint density at radius 3 is 0.909 bits per heavy atom. The molecule has 0 heterocycles. The Morgan fingerprint density at radius 2 is 0.600 bits per heavy atom. The summed E-state index contributed by atoms with van der Waals surface area (Å²) in [4.78, 5) is 37.8. The van der Waals surface area contributed by atoms with Gasteiger partial charge in [0.1, 0.15) is 13.2 Å². The van der Waals surface area contributed by atoms with Gasteiger partial charge in [0.05, 0.1) is 0 Å². The fourth-order valence-electron chi connectivity index (χ4n) is 7.08. The molecule has 0 spiro atoms.